The van der Waals surface area contributed by atoms with Gasteiger partial charge in [-0.3, -0.25) is 4.79 Å². The average Bonchev–Trinajstić information content (AvgIpc) is 3.12. The molecule has 2 aromatic rings. The Bertz CT molecular complexity index is 540. The van der Waals surface area contributed by atoms with Gasteiger partial charge in [0.15, 0.2) is 5.78 Å². The molecule has 0 saturated carbocycles. The van der Waals surface area contributed by atoms with Crippen molar-refractivity contribution in [2.45, 2.75) is 6.92 Å². The summed E-state index contributed by atoms with van der Waals surface area (Å²) in [5, 5.41) is 8.33. The Morgan fingerprint density at radius 1 is 1.14 bits per heavy atom. The van der Waals surface area contributed by atoms with E-state index in [1.807, 2.05) is 36.4 Å². The number of hydrogen-bond donors (Lipinski definition) is 0. The summed E-state index contributed by atoms with van der Waals surface area (Å²) in [6, 6.07) is 18.9. The van der Waals surface area contributed by atoms with Crippen LogP contribution in [0.3, 0.4) is 0 Å². The second-order valence-electron chi connectivity index (χ2n) is 3.41. The Labute approximate surface area is 141 Å². The van der Waals surface area contributed by atoms with Crippen LogP contribution in [0.1, 0.15) is 22.8 Å². The Morgan fingerprint density at radius 2 is 1.59 bits per heavy atom. The number of nitrogens with zero attached hydrogens (tertiary/aromatic N) is 1. The third kappa shape index (κ3) is 12.6. The molecular weight excluding hydrogens is 322 g/mol. The van der Waals surface area contributed by atoms with Gasteiger partial charge in [-0.05, 0) is 12.5 Å². The normalized spacial score (nSPS) is 6.73. The van der Waals surface area contributed by atoms with Gasteiger partial charge in [0.25, 0.3) is 0 Å². The summed E-state index contributed by atoms with van der Waals surface area (Å²) in [7, 11) is 0. The molecule has 0 aromatic heterocycles. The van der Waals surface area contributed by atoms with Crippen molar-refractivity contribution in [1.29, 1.82) is 5.26 Å². The van der Waals surface area contributed by atoms with Crippen LogP contribution in [0.15, 0.2) is 54.6 Å². The average molecular weight is 335 g/mol. The molecule has 0 aliphatic carbocycles. The molecule has 0 bridgehead atoms. The predicted molar refractivity (Wildman–Crippen MR) is 75.4 cm³/mol. The Balaban J connectivity index is -0.000000303. The van der Waals surface area contributed by atoms with E-state index in [1.54, 1.807) is 24.3 Å². The van der Waals surface area contributed by atoms with Crippen molar-refractivity contribution >= 4 is 5.78 Å². The molecule has 112 valence electrons. The van der Waals surface area contributed by atoms with Crippen LogP contribution in [-0.2, 0) is 26.4 Å². The van der Waals surface area contributed by atoms with Gasteiger partial charge >= 0.3 is 39.7 Å². The van der Waals surface area contributed by atoms with E-state index < -0.39 is 0 Å². The quantitative estimate of drug-likeness (QED) is 0.365. The fraction of sp³-hybridized carbons (Fsp3) is 0.0588. The number of rotatable bonds is 2. The van der Waals surface area contributed by atoms with Crippen LogP contribution in [-0.4, -0.2) is 5.78 Å². The zero-order valence-electron chi connectivity index (χ0n) is 11.8. The summed E-state index contributed by atoms with van der Waals surface area (Å²) >= 11 is 0. The number of Topliss-reactive ketones (excluding diaryl/α,β-unsaturated/α-hetero) is 1. The van der Waals surface area contributed by atoms with Crippen molar-refractivity contribution in [2.75, 3.05) is 0 Å². The number of hydrogen-bond acceptors (Lipinski definition) is 2. The van der Waals surface area contributed by atoms with Crippen LogP contribution in [0.5, 0.6) is 0 Å². The molecule has 0 radical (unpaired) electrons. The number of nitriles is 1. The fourth-order valence-electron chi connectivity index (χ4n) is 1.21. The van der Waals surface area contributed by atoms with Gasteiger partial charge in [-0.15, -0.1) is 12.1 Å². The Morgan fingerprint density at radius 3 is 1.86 bits per heavy atom. The van der Waals surface area contributed by atoms with Gasteiger partial charge in [0, 0.05) is 6.07 Å². The van der Waals surface area contributed by atoms with Crippen LogP contribution in [0.2, 0.25) is 0 Å². The van der Waals surface area contributed by atoms with Crippen LogP contribution in [0.4, 0.5) is 0 Å². The molecule has 0 aliphatic rings. The van der Waals surface area contributed by atoms with E-state index in [1.165, 1.54) is 13.3 Å². The van der Waals surface area contributed by atoms with Gasteiger partial charge in [0.05, 0.1) is 0 Å². The molecule has 2 rings (SSSR count). The topological polar surface area (TPSA) is 80.7 Å². The first-order valence-electron chi connectivity index (χ1n) is 5.65. The zero-order valence-corrected chi connectivity index (χ0v) is 12.9. The first-order valence-corrected chi connectivity index (χ1v) is 5.65. The van der Waals surface area contributed by atoms with Gasteiger partial charge in [0.1, 0.15) is 0 Å². The van der Waals surface area contributed by atoms with Crippen molar-refractivity contribution in [3.05, 3.63) is 85.4 Å². The van der Waals surface area contributed by atoms with Gasteiger partial charge in [0.2, 0.25) is 0 Å². The van der Waals surface area contributed by atoms with E-state index in [-0.39, 0.29) is 22.9 Å². The summed E-state index contributed by atoms with van der Waals surface area (Å²) in [5.41, 5.74) is 1.49. The number of carbonyl (C=O) groups excluding carboxylic acids is 1. The van der Waals surface area contributed by atoms with Crippen LogP contribution >= 0.6 is 0 Å². The van der Waals surface area contributed by atoms with E-state index in [9.17, 15) is 4.79 Å². The SMILES string of the molecule is CC(=O)c1ccc([CH-]C#N)cc1.[C-]#[O+].[C-]#[O+].[Fe+2].c1cc[cH-]c1. The molecule has 0 fully saturated rings. The molecule has 0 spiro atoms. The maximum Gasteiger partial charge on any atom is 2.00 e. The molecule has 4 nitrogen and oxygen atoms in total. The first-order chi connectivity index (χ1) is 10.2. The molecule has 2 aromatic carbocycles. The van der Waals surface area contributed by atoms with Crippen molar-refractivity contribution in [3.8, 4) is 6.07 Å². The molecule has 0 atom stereocenters. The summed E-state index contributed by atoms with van der Waals surface area (Å²) in [6.07, 6.45) is 1.43. The van der Waals surface area contributed by atoms with Gasteiger partial charge in [-0.25, -0.2) is 17.4 Å². The summed E-state index contributed by atoms with van der Waals surface area (Å²) < 4.78 is 15.0. The molecular formula is C17H13FeNO3. The Kier molecular flexibility index (Phi) is 20.8. The third-order valence-electron chi connectivity index (χ3n) is 2.10. The first kappa shape index (κ1) is 24.6. The fourth-order valence-corrected chi connectivity index (χ4v) is 1.21. The second-order valence-corrected chi connectivity index (χ2v) is 3.41. The van der Waals surface area contributed by atoms with E-state index in [0.29, 0.717) is 5.56 Å². The smallest absolute Gasteiger partial charge is 0.214 e. The predicted octanol–water partition coefficient (Wildman–Crippen LogP) is 3.29. The molecule has 0 N–H and O–H groups in total. The maximum atomic E-state index is 10.8. The largest absolute Gasteiger partial charge is 2.00 e. The van der Waals surface area contributed by atoms with E-state index in [2.05, 4.69) is 13.3 Å². The zero-order chi connectivity index (χ0) is 16.5. The van der Waals surface area contributed by atoms with Crippen molar-refractivity contribution < 1.29 is 31.2 Å². The van der Waals surface area contributed by atoms with Crippen LogP contribution in [0.25, 0.3) is 0 Å². The minimum Gasteiger partial charge on any atom is -0.214 e. The molecule has 22 heavy (non-hydrogen) atoms. The second kappa shape index (κ2) is 18.6. The number of carbonyl (C=O) groups is 1. The minimum atomic E-state index is 0. The minimum absolute atomic E-state index is 0. The van der Waals surface area contributed by atoms with Crippen molar-refractivity contribution in [3.63, 3.8) is 0 Å². The van der Waals surface area contributed by atoms with Crippen LogP contribution < -0.4 is 0 Å². The van der Waals surface area contributed by atoms with Gasteiger partial charge in [-0.1, -0.05) is 6.42 Å². The number of benzene rings is 1. The summed E-state index contributed by atoms with van der Waals surface area (Å²) in [6.45, 7) is 10.5. The van der Waals surface area contributed by atoms with Gasteiger partial charge < -0.3 is 0 Å². The van der Waals surface area contributed by atoms with Crippen LogP contribution in [0, 0.1) is 31.1 Å². The van der Waals surface area contributed by atoms with E-state index >= 15 is 0 Å². The number of ketones is 1. The molecule has 0 saturated heterocycles. The van der Waals surface area contributed by atoms with Crippen molar-refractivity contribution in [2.24, 2.45) is 0 Å². The van der Waals surface area contributed by atoms with Gasteiger partial charge in [-0.2, -0.15) is 35.9 Å². The molecule has 0 unspecified atom stereocenters. The van der Waals surface area contributed by atoms with E-state index in [4.69, 9.17) is 14.6 Å². The van der Waals surface area contributed by atoms with Crippen molar-refractivity contribution in [1.82, 2.24) is 0 Å². The monoisotopic (exact) mass is 335 g/mol. The molecule has 0 amide bonds. The molecule has 0 heterocycles. The summed E-state index contributed by atoms with van der Waals surface area (Å²) in [5.74, 6) is 0.0403. The summed E-state index contributed by atoms with van der Waals surface area (Å²) in [4.78, 5) is 10.8. The maximum absolute atomic E-state index is 10.8. The van der Waals surface area contributed by atoms with E-state index in [0.717, 1.165) is 5.56 Å². The molecule has 5 heteroatoms. The Hall–Kier alpha value is -2.40. The third-order valence-corrected chi connectivity index (χ3v) is 2.10. The molecule has 0 aliphatic heterocycles. The standard InChI is InChI=1S/C10H8NO.C5H5.2CO.Fe/c1-8(12)10-4-2-9(3-5-10)6-7-11;1-2-4-5-3-1;2*1-2;/h2-6H,1H3;1-5H;;;/q2*-1;;;+2.